The van der Waals surface area contributed by atoms with Crippen LogP contribution in [0.4, 0.5) is 4.79 Å². The van der Waals surface area contributed by atoms with Crippen LogP contribution in [0.2, 0.25) is 0 Å². The molecule has 2 amide bonds. The van der Waals surface area contributed by atoms with Gasteiger partial charge in [-0.1, -0.05) is 0 Å². The smallest absolute Gasteiger partial charge is 0.407 e. The Morgan fingerprint density at radius 3 is 2.52 bits per heavy atom. The maximum absolute atomic E-state index is 12.6. The molecule has 1 fully saturated rings. The summed E-state index contributed by atoms with van der Waals surface area (Å²) in [6.07, 6.45) is 0.460. The molecule has 1 unspecified atom stereocenters. The Morgan fingerprint density at radius 1 is 1.24 bits per heavy atom. The van der Waals surface area contributed by atoms with Crippen LogP contribution in [0, 0.1) is 5.92 Å². The highest BCUT2D eigenvalue weighted by molar-refractivity contribution is 5.94. The van der Waals surface area contributed by atoms with E-state index in [0.29, 0.717) is 31.8 Å². The number of carbonyl (C=O) groups excluding carboxylic acids is 2. The summed E-state index contributed by atoms with van der Waals surface area (Å²) < 4.78 is 10.6. The molecule has 0 radical (unpaired) electrons. The van der Waals surface area contributed by atoms with Crippen LogP contribution in [0.5, 0.6) is 5.75 Å². The predicted molar refractivity (Wildman–Crippen MR) is 95.9 cm³/mol. The Labute approximate surface area is 149 Å². The normalized spacial score (nSPS) is 17.3. The van der Waals surface area contributed by atoms with E-state index >= 15 is 0 Å². The molecule has 1 saturated heterocycles. The summed E-state index contributed by atoms with van der Waals surface area (Å²) in [7, 11) is 0. The van der Waals surface area contributed by atoms with E-state index in [1.807, 2.05) is 44.7 Å². The lowest BCUT2D eigenvalue weighted by molar-refractivity contribution is 0.0520. The number of alkyl carbamates (subject to hydrolysis) is 1. The molecular formula is C19H28N2O4. The van der Waals surface area contributed by atoms with Gasteiger partial charge in [-0.15, -0.1) is 0 Å². The van der Waals surface area contributed by atoms with Gasteiger partial charge in [0.25, 0.3) is 5.91 Å². The van der Waals surface area contributed by atoms with Gasteiger partial charge in [0.2, 0.25) is 0 Å². The number of hydrogen-bond donors (Lipinski definition) is 1. The molecular weight excluding hydrogens is 320 g/mol. The number of ether oxygens (including phenoxy) is 2. The first-order valence-electron chi connectivity index (χ1n) is 8.77. The highest BCUT2D eigenvalue weighted by atomic mass is 16.6. The molecule has 1 aliphatic rings. The van der Waals surface area contributed by atoms with Gasteiger partial charge in [-0.05, 0) is 64.3 Å². The minimum absolute atomic E-state index is 0.0165. The third-order valence-electron chi connectivity index (χ3n) is 3.92. The van der Waals surface area contributed by atoms with Crippen LogP contribution in [-0.4, -0.2) is 48.7 Å². The molecule has 1 aromatic carbocycles. The fourth-order valence-corrected chi connectivity index (χ4v) is 2.77. The highest BCUT2D eigenvalue weighted by Crippen LogP contribution is 2.20. The summed E-state index contributed by atoms with van der Waals surface area (Å²) in [5.41, 5.74) is 0.152. The van der Waals surface area contributed by atoms with Crippen molar-refractivity contribution in [1.29, 1.82) is 0 Å². The zero-order chi connectivity index (χ0) is 18.4. The summed E-state index contributed by atoms with van der Waals surface area (Å²) in [6.45, 7) is 9.88. The maximum Gasteiger partial charge on any atom is 0.407 e. The number of benzene rings is 1. The van der Waals surface area contributed by atoms with E-state index in [1.165, 1.54) is 0 Å². The molecule has 1 heterocycles. The Bertz CT molecular complexity index is 592. The van der Waals surface area contributed by atoms with Crippen LogP contribution in [-0.2, 0) is 4.74 Å². The summed E-state index contributed by atoms with van der Waals surface area (Å²) in [4.78, 5) is 26.1. The topological polar surface area (TPSA) is 67.9 Å². The van der Waals surface area contributed by atoms with E-state index < -0.39 is 11.7 Å². The molecule has 1 aromatic rings. The van der Waals surface area contributed by atoms with Crippen molar-refractivity contribution in [3.05, 3.63) is 29.8 Å². The summed E-state index contributed by atoms with van der Waals surface area (Å²) >= 11 is 0. The molecule has 6 nitrogen and oxygen atoms in total. The number of nitrogens with one attached hydrogen (secondary N) is 1. The number of hydrogen-bond acceptors (Lipinski definition) is 4. The lowest BCUT2D eigenvalue weighted by Gasteiger charge is -2.21. The van der Waals surface area contributed by atoms with Crippen LogP contribution >= 0.6 is 0 Å². The zero-order valence-electron chi connectivity index (χ0n) is 15.5. The van der Waals surface area contributed by atoms with Gasteiger partial charge >= 0.3 is 6.09 Å². The zero-order valence-corrected chi connectivity index (χ0v) is 15.5. The molecule has 138 valence electrons. The number of rotatable bonds is 5. The first kappa shape index (κ1) is 19.1. The van der Waals surface area contributed by atoms with E-state index in [9.17, 15) is 9.59 Å². The molecule has 6 heteroatoms. The minimum Gasteiger partial charge on any atom is -0.494 e. The highest BCUT2D eigenvalue weighted by Gasteiger charge is 2.27. The van der Waals surface area contributed by atoms with Gasteiger partial charge < -0.3 is 19.7 Å². The SMILES string of the molecule is CCOc1ccc(C(=O)N2CCC(CNC(=O)OC(C)(C)C)C2)cc1. The molecule has 1 atom stereocenters. The van der Waals surface area contributed by atoms with Gasteiger partial charge in [-0.25, -0.2) is 4.79 Å². The standard InChI is InChI=1S/C19H28N2O4/c1-5-24-16-8-6-15(7-9-16)17(22)21-11-10-14(13-21)12-20-18(23)25-19(2,3)4/h6-9,14H,5,10-13H2,1-4H3,(H,20,23). The molecule has 1 aliphatic heterocycles. The molecule has 0 bridgehead atoms. The molecule has 0 aliphatic carbocycles. The van der Waals surface area contributed by atoms with E-state index in [4.69, 9.17) is 9.47 Å². The number of likely N-dealkylation sites (tertiary alicyclic amines) is 1. The first-order valence-corrected chi connectivity index (χ1v) is 8.77. The van der Waals surface area contributed by atoms with Gasteiger partial charge in [0.05, 0.1) is 6.61 Å². The van der Waals surface area contributed by atoms with Crippen molar-refractivity contribution in [2.75, 3.05) is 26.2 Å². The van der Waals surface area contributed by atoms with Crippen LogP contribution < -0.4 is 10.1 Å². The van der Waals surface area contributed by atoms with Gasteiger partial charge in [-0.3, -0.25) is 4.79 Å². The molecule has 0 aromatic heterocycles. The second-order valence-corrected chi connectivity index (χ2v) is 7.25. The summed E-state index contributed by atoms with van der Waals surface area (Å²) in [5, 5.41) is 2.79. The van der Waals surface area contributed by atoms with Crippen molar-refractivity contribution >= 4 is 12.0 Å². The Morgan fingerprint density at radius 2 is 1.92 bits per heavy atom. The summed E-state index contributed by atoms with van der Waals surface area (Å²) in [5.74, 6) is 1.03. The lowest BCUT2D eigenvalue weighted by atomic mass is 10.1. The molecule has 0 spiro atoms. The number of nitrogens with zero attached hydrogens (tertiary/aromatic N) is 1. The van der Waals surface area contributed by atoms with Crippen LogP contribution in [0.25, 0.3) is 0 Å². The van der Waals surface area contributed by atoms with E-state index in [2.05, 4.69) is 5.32 Å². The fraction of sp³-hybridized carbons (Fsp3) is 0.579. The second-order valence-electron chi connectivity index (χ2n) is 7.25. The average Bonchev–Trinajstić information content (AvgIpc) is 3.01. The molecule has 2 rings (SSSR count). The van der Waals surface area contributed by atoms with Crippen molar-refractivity contribution in [3.63, 3.8) is 0 Å². The third kappa shape index (κ3) is 5.96. The van der Waals surface area contributed by atoms with E-state index in [0.717, 1.165) is 12.2 Å². The van der Waals surface area contributed by atoms with E-state index in [-0.39, 0.29) is 11.8 Å². The maximum atomic E-state index is 12.6. The quantitative estimate of drug-likeness (QED) is 0.888. The van der Waals surface area contributed by atoms with Crippen LogP contribution in [0.15, 0.2) is 24.3 Å². The largest absolute Gasteiger partial charge is 0.494 e. The Kier molecular flexibility index (Phi) is 6.28. The van der Waals surface area contributed by atoms with Gasteiger partial charge in [0.15, 0.2) is 0 Å². The van der Waals surface area contributed by atoms with Crippen molar-refractivity contribution in [2.45, 2.75) is 39.7 Å². The van der Waals surface area contributed by atoms with Crippen LogP contribution in [0.3, 0.4) is 0 Å². The van der Waals surface area contributed by atoms with Crippen molar-refractivity contribution < 1.29 is 19.1 Å². The third-order valence-corrected chi connectivity index (χ3v) is 3.92. The minimum atomic E-state index is -0.505. The lowest BCUT2D eigenvalue weighted by Crippen LogP contribution is -2.36. The van der Waals surface area contributed by atoms with Crippen molar-refractivity contribution in [3.8, 4) is 5.75 Å². The first-order chi connectivity index (χ1) is 11.8. The second kappa shape index (κ2) is 8.23. The predicted octanol–water partition coefficient (Wildman–Crippen LogP) is 3.07. The van der Waals surface area contributed by atoms with Crippen molar-refractivity contribution in [2.24, 2.45) is 5.92 Å². The fourth-order valence-electron chi connectivity index (χ4n) is 2.77. The number of amides is 2. The van der Waals surface area contributed by atoms with E-state index in [1.54, 1.807) is 12.1 Å². The van der Waals surface area contributed by atoms with Gasteiger partial charge in [0.1, 0.15) is 11.4 Å². The van der Waals surface area contributed by atoms with Gasteiger partial charge in [0, 0.05) is 25.2 Å². The Balaban J connectivity index is 1.81. The van der Waals surface area contributed by atoms with Crippen LogP contribution in [0.1, 0.15) is 44.5 Å². The average molecular weight is 348 g/mol. The van der Waals surface area contributed by atoms with Gasteiger partial charge in [-0.2, -0.15) is 0 Å². The molecule has 0 saturated carbocycles. The monoisotopic (exact) mass is 348 g/mol. The Hall–Kier alpha value is -2.24. The van der Waals surface area contributed by atoms with Crippen molar-refractivity contribution in [1.82, 2.24) is 10.2 Å². The summed E-state index contributed by atoms with van der Waals surface area (Å²) in [6, 6.07) is 7.21. The molecule has 1 N–H and O–H groups in total. The molecule has 25 heavy (non-hydrogen) atoms. The number of carbonyl (C=O) groups is 2.